The molecule has 3 aromatic rings. The van der Waals surface area contributed by atoms with Gasteiger partial charge in [0.05, 0.1) is 56.0 Å². The molecular formula is C25H28F6N8O5. The normalized spacial score (nSPS) is 19.3. The van der Waals surface area contributed by atoms with Gasteiger partial charge in [0.15, 0.2) is 16.9 Å². The van der Waals surface area contributed by atoms with Crippen molar-refractivity contribution in [2.24, 2.45) is 0 Å². The third-order valence-electron chi connectivity index (χ3n) is 7.29. The molecule has 0 aromatic carbocycles. The van der Waals surface area contributed by atoms with Crippen molar-refractivity contribution in [3.8, 4) is 0 Å². The molecule has 3 aromatic heterocycles. The standard InChI is InChI=1S/C25H28F6N8O5/c1-12-20(37-44-36-12)21(40)34-16(10-43-23(2,3)25(29,30)31)15-8-39-19(33-15)6-13(7-32-39)17(11-42-14-4-5-14)38-9-18(24(26,27)28)35-22(38)41/h6-8,14,16-18H,4-5,9-11H2,1-3H3,(H,34,40)(H,35,41). The average Bonchev–Trinajstić information content (AvgIpc) is 3.29. The Bertz CT molecular complexity index is 1520. The Kier molecular flexibility index (Phi) is 8.21. The van der Waals surface area contributed by atoms with Gasteiger partial charge in [-0.3, -0.25) is 4.79 Å². The molecule has 2 fully saturated rings. The van der Waals surface area contributed by atoms with Crippen LogP contribution in [0.5, 0.6) is 0 Å². The number of hydrogen-bond acceptors (Lipinski definition) is 9. The second-order valence-corrected chi connectivity index (χ2v) is 11.0. The number of amides is 3. The topological polar surface area (TPSA) is 149 Å². The summed E-state index contributed by atoms with van der Waals surface area (Å²) >= 11 is 0. The first kappa shape index (κ1) is 31.4. The lowest BCUT2D eigenvalue weighted by atomic mass is 10.1. The molecule has 44 heavy (non-hydrogen) atoms. The van der Waals surface area contributed by atoms with Crippen LogP contribution < -0.4 is 10.6 Å². The van der Waals surface area contributed by atoms with Gasteiger partial charge in [0, 0.05) is 5.56 Å². The van der Waals surface area contributed by atoms with Gasteiger partial charge < -0.3 is 25.0 Å². The number of aryl methyl sites for hydroxylation is 1. The summed E-state index contributed by atoms with van der Waals surface area (Å²) in [4.78, 5) is 30.9. The van der Waals surface area contributed by atoms with E-state index in [1.807, 2.05) is 5.32 Å². The van der Waals surface area contributed by atoms with Crippen LogP contribution in [0.4, 0.5) is 31.1 Å². The molecule has 2 N–H and O–H groups in total. The lowest BCUT2D eigenvalue weighted by Crippen LogP contribution is -2.44. The Labute approximate surface area is 245 Å². The molecule has 13 nitrogen and oxygen atoms in total. The Morgan fingerprint density at radius 1 is 1.18 bits per heavy atom. The number of carbonyl (C=O) groups is 2. The maximum absolute atomic E-state index is 13.5. The van der Waals surface area contributed by atoms with E-state index >= 15 is 0 Å². The van der Waals surface area contributed by atoms with Crippen LogP contribution in [0, 0.1) is 6.92 Å². The molecule has 19 heteroatoms. The first-order valence-electron chi connectivity index (χ1n) is 13.4. The van der Waals surface area contributed by atoms with Gasteiger partial charge in [0.2, 0.25) is 0 Å². The van der Waals surface area contributed by atoms with Crippen molar-refractivity contribution in [1.29, 1.82) is 0 Å². The first-order valence-corrected chi connectivity index (χ1v) is 13.4. The number of halogens is 6. The van der Waals surface area contributed by atoms with Gasteiger partial charge in [-0.15, -0.1) is 0 Å². The maximum Gasteiger partial charge on any atom is 0.416 e. The third kappa shape index (κ3) is 6.72. The van der Waals surface area contributed by atoms with Crippen LogP contribution in [0.1, 0.15) is 66.2 Å². The van der Waals surface area contributed by atoms with Crippen molar-refractivity contribution < 1.29 is 50.0 Å². The summed E-state index contributed by atoms with van der Waals surface area (Å²) in [6.45, 7) is 1.69. The molecule has 1 saturated heterocycles. The Hall–Kier alpha value is -4.00. The van der Waals surface area contributed by atoms with E-state index in [2.05, 4.69) is 30.3 Å². The molecule has 3 amide bonds. The monoisotopic (exact) mass is 634 g/mol. The van der Waals surface area contributed by atoms with E-state index in [1.54, 1.807) is 0 Å². The van der Waals surface area contributed by atoms with E-state index in [1.165, 1.54) is 29.9 Å². The molecule has 240 valence electrons. The van der Waals surface area contributed by atoms with Crippen molar-refractivity contribution in [1.82, 2.24) is 40.4 Å². The van der Waals surface area contributed by atoms with Gasteiger partial charge in [-0.25, -0.2) is 18.9 Å². The van der Waals surface area contributed by atoms with Gasteiger partial charge >= 0.3 is 18.4 Å². The molecule has 0 spiro atoms. The molecular weight excluding hydrogens is 606 g/mol. The van der Waals surface area contributed by atoms with E-state index in [0.717, 1.165) is 31.6 Å². The van der Waals surface area contributed by atoms with Crippen molar-refractivity contribution in [3.63, 3.8) is 0 Å². The van der Waals surface area contributed by atoms with Crippen molar-refractivity contribution >= 4 is 17.6 Å². The highest BCUT2D eigenvalue weighted by molar-refractivity contribution is 5.93. The van der Waals surface area contributed by atoms with Gasteiger partial charge in [-0.1, -0.05) is 5.16 Å². The van der Waals surface area contributed by atoms with Gasteiger partial charge in [0.25, 0.3) is 5.91 Å². The number of nitrogens with one attached hydrogen (secondary N) is 2. The number of imidazole rings is 1. The van der Waals surface area contributed by atoms with Gasteiger partial charge in [-0.05, 0) is 44.8 Å². The quantitative estimate of drug-likeness (QED) is 0.303. The van der Waals surface area contributed by atoms with Crippen LogP contribution in [0.2, 0.25) is 0 Å². The number of rotatable bonds is 11. The third-order valence-corrected chi connectivity index (χ3v) is 7.29. The zero-order valence-corrected chi connectivity index (χ0v) is 23.6. The van der Waals surface area contributed by atoms with Gasteiger partial charge in [0.1, 0.15) is 11.7 Å². The molecule has 1 aliphatic heterocycles. The minimum Gasteiger partial charge on any atom is -0.376 e. The van der Waals surface area contributed by atoms with Crippen LogP contribution >= 0.6 is 0 Å². The van der Waals surface area contributed by atoms with Crippen LogP contribution in [0.3, 0.4) is 0 Å². The molecule has 3 atom stereocenters. The predicted molar refractivity (Wildman–Crippen MR) is 135 cm³/mol. The summed E-state index contributed by atoms with van der Waals surface area (Å²) in [6.07, 6.45) is -5.20. The molecule has 2 aliphatic rings. The van der Waals surface area contributed by atoms with E-state index in [0.29, 0.717) is 5.56 Å². The second-order valence-electron chi connectivity index (χ2n) is 11.0. The highest BCUT2D eigenvalue weighted by Gasteiger charge is 2.50. The highest BCUT2D eigenvalue weighted by atomic mass is 19.4. The number of urea groups is 1. The fourth-order valence-corrected chi connectivity index (χ4v) is 4.34. The summed E-state index contributed by atoms with van der Waals surface area (Å²) in [5, 5.41) is 15.7. The van der Waals surface area contributed by atoms with Crippen molar-refractivity contribution in [2.45, 2.75) is 75.8 Å². The number of ether oxygens (including phenoxy) is 2. The SMILES string of the molecule is Cc1nonc1C(=O)NC(COC(C)(C)C(F)(F)F)c1cn2ncc(C(COC3CC3)N3CC(C(F)(F)F)NC3=O)cc2n1. The molecule has 1 saturated carbocycles. The number of fused-ring (bicyclic) bond motifs is 1. The predicted octanol–water partition coefficient (Wildman–Crippen LogP) is 3.43. The summed E-state index contributed by atoms with van der Waals surface area (Å²) in [5.74, 6) is -0.815. The number of carbonyl (C=O) groups excluding carboxylic acids is 2. The fourth-order valence-electron chi connectivity index (χ4n) is 4.34. The number of aromatic nitrogens is 5. The van der Waals surface area contributed by atoms with E-state index in [9.17, 15) is 35.9 Å². The number of hydrogen-bond donors (Lipinski definition) is 2. The van der Waals surface area contributed by atoms with Crippen molar-refractivity contribution in [2.75, 3.05) is 19.8 Å². The lowest BCUT2D eigenvalue weighted by Gasteiger charge is -2.29. The minimum atomic E-state index is -4.73. The average molecular weight is 635 g/mol. The van der Waals surface area contributed by atoms with Crippen molar-refractivity contribution in [3.05, 3.63) is 41.1 Å². The molecule has 3 unspecified atom stereocenters. The Balaban J connectivity index is 1.44. The molecule has 1 aliphatic carbocycles. The number of alkyl halides is 6. The maximum atomic E-state index is 13.5. The van der Waals surface area contributed by atoms with Gasteiger partial charge in [-0.2, -0.15) is 31.4 Å². The molecule has 0 radical (unpaired) electrons. The molecule has 5 rings (SSSR count). The fraction of sp³-hybridized carbons (Fsp3) is 0.600. The van der Waals surface area contributed by atoms with Crippen LogP contribution in [-0.4, -0.2) is 91.6 Å². The summed E-state index contributed by atoms with van der Waals surface area (Å²) in [6, 6.07) is -3.71. The highest BCUT2D eigenvalue weighted by Crippen LogP contribution is 2.35. The smallest absolute Gasteiger partial charge is 0.376 e. The molecule has 4 heterocycles. The largest absolute Gasteiger partial charge is 0.416 e. The minimum absolute atomic E-state index is 0.0527. The van der Waals surface area contributed by atoms with Crippen LogP contribution in [0.15, 0.2) is 23.1 Å². The Morgan fingerprint density at radius 2 is 1.91 bits per heavy atom. The lowest BCUT2D eigenvalue weighted by molar-refractivity contribution is -0.265. The summed E-state index contributed by atoms with van der Waals surface area (Å²) < 4.78 is 97.3. The summed E-state index contributed by atoms with van der Waals surface area (Å²) in [7, 11) is 0. The van der Waals surface area contributed by atoms with E-state index in [4.69, 9.17) is 9.47 Å². The van der Waals surface area contributed by atoms with E-state index in [-0.39, 0.29) is 35.4 Å². The zero-order valence-electron chi connectivity index (χ0n) is 23.6. The first-order chi connectivity index (χ1) is 20.5. The van der Waals surface area contributed by atoms with E-state index < -0.39 is 61.2 Å². The van der Waals surface area contributed by atoms with Crippen LogP contribution in [0.25, 0.3) is 5.65 Å². The Morgan fingerprint density at radius 3 is 2.50 bits per heavy atom. The second kappa shape index (κ2) is 11.5. The number of nitrogens with zero attached hydrogens (tertiary/aromatic N) is 6. The summed E-state index contributed by atoms with van der Waals surface area (Å²) in [5.41, 5.74) is -2.14. The van der Waals surface area contributed by atoms with Crippen LogP contribution in [-0.2, 0) is 9.47 Å². The molecule has 0 bridgehead atoms. The zero-order chi connectivity index (χ0) is 32.0.